The predicted molar refractivity (Wildman–Crippen MR) is 95.0 cm³/mol. The molecular formula is C20H22O3P+. The summed E-state index contributed by atoms with van der Waals surface area (Å²) in [6.45, 7) is 0. The van der Waals surface area contributed by atoms with Crippen molar-refractivity contribution in [2.75, 3.05) is 0 Å². The molecule has 24 heavy (non-hydrogen) atoms. The highest BCUT2D eigenvalue weighted by atomic mass is 31.1. The van der Waals surface area contributed by atoms with Gasteiger partial charge in [-0.3, -0.25) is 0 Å². The largest absolute Gasteiger partial charge is 0.805 e. The van der Waals surface area contributed by atoms with E-state index in [-0.39, 0.29) is 0 Å². The molecule has 0 aromatic heterocycles. The van der Waals surface area contributed by atoms with Gasteiger partial charge >= 0.3 is 8.25 Å². The maximum absolute atomic E-state index is 12.2. The van der Waals surface area contributed by atoms with E-state index < -0.39 is 8.25 Å². The van der Waals surface area contributed by atoms with E-state index in [1.165, 1.54) is 47.9 Å². The Morgan fingerprint density at radius 1 is 0.625 bits per heavy atom. The van der Waals surface area contributed by atoms with Gasteiger partial charge in [-0.1, -0.05) is 12.1 Å². The lowest BCUT2D eigenvalue weighted by molar-refractivity contribution is 0.415. The van der Waals surface area contributed by atoms with Crippen molar-refractivity contribution in [3.05, 3.63) is 58.7 Å². The van der Waals surface area contributed by atoms with Gasteiger partial charge in [0.15, 0.2) is 11.5 Å². The Labute approximate surface area is 144 Å². The third-order valence-corrected chi connectivity index (χ3v) is 5.72. The SMILES string of the molecule is O=[P+](Oc1ccc2c(c1)CCCC2)Oc1ccc2c(c1)CCCC2. The van der Waals surface area contributed by atoms with Gasteiger partial charge in [0, 0.05) is 4.57 Å². The third-order valence-electron chi connectivity index (χ3n) is 5.00. The molecule has 2 aromatic carbocycles. The van der Waals surface area contributed by atoms with Gasteiger partial charge in [0.05, 0.1) is 0 Å². The monoisotopic (exact) mass is 341 g/mol. The molecule has 2 aliphatic rings. The van der Waals surface area contributed by atoms with Crippen molar-refractivity contribution in [1.82, 2.24) is 0 Å². The Balaban J connectivity index is 1.43. The summed E-state index contributed by atoms with van der Waals surface area (Å²) in [4.78, 5) is 0. The zero-order valence-corrected chi connectivity index (χ0v) is 14.7. The molecule has 0 aliphatic heterocycles. The average molecular weight is 341 g/mol. The number of hydrogen-bond donors (Lipinski definition) is 0. The maximum atomic E-state index is 12.2. The van der Waals surface area contributed by atoms with Crippen molar-refractivity contribution in [2.24, 2.45) is 0 Å². The van der Waals surface area contributed by atoms with Crippen molar-refractivity contribution in [3.63, 3.8) is 0 Å². The standard InChI is InChI=1S/C20H22O3P/c21-24(22-19-11-9-15-5-1-3-7-17(15)13-19)23-20-12-10-16-6-2-4-8-18(16)14-20/h9-14H,1-8H2/q+1. The topological polar surface area (TPSA) is 35.5 Å². The van der Waals surface area contributed by atoms with Crippen LogP contribution in [-0.2, 0) is 30.2 Å². The van der Waals surface area contributed by atoms with Crippen LogP contribution in [0.3, 0.4) is 0 Å². The summed E-state index contributed by atoms with van der Waals surface area (Å²) >= 11 is 0. The molecule has 0 atom stereocenters. The molecule has 4 rings (SSSR count). The van der Waals surface area contributed by atoms with Crippen LogP contribution in [0.1, 0.15) is 47.9 Å². The minimum Gasteiger partial charge on any atom is -0.222 e. The highest BCUT2D eigenvalue weighted by Crippen LogP contribution is 2.34. The van der Waals surface area contributed by atoms with Crippen LogP contribution in [0.5, 0.6) is 11.5 Å². The Morgan fingerprint density at radius 2 is 1.04 bits per heavy atom. The third kappa shape index (κ3) is 3.47. The molecule has 0 saturated heterocycles. The molecule has 0 spiro atoms. The molecule has 2 aliphatic carbocycles. The van der Waals surface area contributed by atoms with Gasteiger partial charge in [-0.25, -0.2) is 9.05 Å². The first-order chi connectivity index (χ1) is 11.8. The molecule has 0 radical (unpaired) electrons. The first-order valence-electron chi connectivity index (χ1n) is 8.85. The van der Waals surface area contributed by atoms with E-state index in [9.17, 15) is 4.57 Å². The fourth-order valence-electron chi connectivity index (χ4n) is 3.72. The van der Waals surface area contributed by atoms with E-state index in [0.717, 1.165) is 25.7 Å². The van der Waals surface area contributed by atoms with Crippen molar-refractivity contribution in [1.29, 1.82) is 0 Å². The number of rotatable bonds is 4. The summed E-state index contributed by atoms with van der Waals surface area (Å²) in [5, 5.41) is 0. The van der Waals surface area contributed by atoms with Crippen LogP contribution in [0.2, 0.25) is 0 Å². The summed E-state index contributed by atoms with van der Waals surface area (Å²) < 4.78 is 23.3. The van der Waals surface area contributed by atoms with Crippen LogP contribution in [0.25, 0.3) is 0 Å². The van der Waals surface area contributed by atoms with Gasteiger partial charge in [0.2, 0.25) is 0 Å². The normalized spacial score (nSPS) is 16.0. The Morgan fingerprint density at radius 3 is 1.50 bits per heavy atom. The molecule has 0 saturated carbocycles. The van der Waals surface area contributed by atoms with Crippen LogP contribution in [0.4, 0.5) is 0 Å². The second-order valence-corrected chi connectivity index (χ2v) is 7.49. The van der Waals surface area contributed by atoms with Gasteiger partial charge < -0.3 is 0 Å². The van der Waals surface area contributed by atoms with E-state index in [1.807, 2.05) is 24.3 Å². The summed E-state index contributed by atoms with van der Waals surface area (Å²) in [5.41, 5.74) is 5.41. The van der Waals surface area contributed by atoms with Crippen molar-refractivity contribution in [2.45, 2.75) is 51.4 Å². The lowest BCUT2D eigenvalue weighted by atomic mass is 9.92. The molecule has 0 bridgehead atoms. The van der Waals surface area contributed by atoms with Crippen molar-refractivity contribution in [3.8, 4) is 11.5 Å². The number of aryl methyl sites for hydroxylation is 4. The molecule has 4 heteroatoms. The molecule has 124 valence electrons. The highest BCUT2D eigenvalue weighted by molar-refractivity contribution is 7.34. The molecule has 0 unspecified atom stereocenters. The molecule has 0 amide bonds. The van der Waals surface area contributed by atoms with Crippen molar-refractivity contribution < 1.29 is 13.6 Å². The smallest absolute Gasteiger partial charge is 0.222 e. The molecule has 0 N–H and O–H groups in total. The Hall–Kier alpha value is -1.86. The molecule has 2 aromatic rings. The van der Waals surface area contributed by atoms with Crippen LogP contribution >= 0.6 is 8.25 Å². The fraction of sp³-hybridized carbons (Fsp3) is 0.400. The van der Waals surface area contributed by atoms with Crippen LogP contribution in [0, 0.1) is 0 Å². The average Bonchev–Trinajstić information content (AvgIpc) is 2.61. The lowest BCUT2D eigenvalue weighted by Crippen LogP contribution is -2.03. The predicted octanol–water partition coefficient (Wildman–Crippen LogP) is 5.56. The molecule has 0 fully saturated rings. The first kappa shape index (κ1) is 15.7. The molecular weight excluding hydrogens is 319 g/mol. The minimum absolute atomic E-state index is 0.634. The van der Waals surface area contributed by atoms with E-state index in [2.05, 4.69) is 12.1 Å². The van der Waals surface area contributed by atoms with Crippen LogP contribution < -0.4 is 9.05 Å². The zero-order chi connectivity index (χ0) is 16.4. The van der Waals surface area contributed by atoms with E-state index >= 15 is 0 Å². The fourth-order valence-corrected chi connectivity index (χ4v) is 4.33. The van der Waals surface area contributed by atoms with Gasteiger partial charge in [0.25, 0.3) is 0 Å². The van der Waals surface area contributed by atoms with Crippen LogP contribution in [0.15, 0.2) is 36.4 Å². The molecule has 0 heterocycles. The lowest BCUT2D eigenvalue weighted by Gasteiger charge is -2.15. The van der Waals surface area contributed by atoms with E-state index in [0.29, 0.717) is 11.5 Å². The van der Waals surface area contributed by atoms with E-state index in [4.69, 9.17) is 9.05 Å². The second-order valence-electron chi connectivity index (χ2n) is 6.68. The number of hydrogen-bond acceptors (Lipinski definition) is 3. The summed E-state index contributed by atoms with van der Waals surface area (Å²) in [7, 11) is -2.21. The summed E-state index contributed by atoms with van der Waals surface area (Å²) in [5.74, 6) is 1.27. The van der Waals surface area contributed by atoms with Gasteiger partial charge in [0.1, 0.15) is 0 Å². The number of benzene rings is 2. The highest BCUT2D eigenvalue weighted by Gasteiger charge is 2.25. The van der Waals surface area contributed by atoms with Gasteiger partial charge in [-0.05, 0) is 97.9 Å². The zero-order valence-electron chi connectivity index (χ0n) is 13.8. The first-order valence-corrected chi connectivity index (χ1v) is 9.94. The Kier molecular flexibility index (Phi) is 4.53. The quantitative estimate of drug-likeness (QED) is 0.683. The van der Waals surface area contributed by atoms with Crippen molar-refractivity contribution >= 4 is 8.25 Å². The molecule has 3 nitrogen and oxygen atoms in total. The van der Waals surface area contributed by atoms with Gasteiger partial charge in [-0.2, -0.15) is 0 Å². The summed E-state index contributed by atoms with van der Waals surface area (Å²) in [6.07, 6.45) is 9.36. The van der Waals surface area contributed by atoms with Gasteiger partial charge in [-0.15, -0.1) is 0 Å². The summed E-state index contributed by atoms with van der Waals surface area (Å²) in [6, 6.07) is 12.0. The second kappa shape index (κ2) is 6.94. The Bertz CT molecular complexity index is 706. The number of fused-ring (bicyclic) bond motifs is 2. The minimum atomic E-state index is -2.21. The van der Waals surface area contributed by atoms with Crippen LogP contribution in [-0.4, -0.2) is 0 Å². The maximum Gasteiger partial charge on any atom is 0.805 e. The van der Waals surface area contributed by atoms with E-state index in [1.54, 1.807) is 0 Å².